The number of ketones is 1. The van der Waals surface area contributed by atoms with Crippen molar-refractivity contribution in [3.63, 3.8) is 0 Å². The minimum atomic E-state index is -2.22. The molecule has 1 unspecified atom stereocenters. The number of rotatable bonds is 3. The third-order valence-corrected chi connectivity index (χ3v) is 9.49. The number of Topliss-reactive ketones (excluding diaryl/α,β-unsaturated/α-hetero) is 1. The maximum absolute atomic E-state index is 13.4. The summed E-state index contributed by atoms with van der Waals surface area (Å²) in [5.41, 5.74) is -3.50. The van der Waals surface area contributed by atoms with Gasteiger partial charge in [0.2, 0.25) is 11.7 Å². The van der Waals surface area contributed by atoms with E-state index in [1.54, 1.807) is 27.7 Å². The fourth-order valence-electron chi connectivity index (χ4n) is 8.25. The number of fused-ring (bicyclic) bond motifs is 2. The number of carbonyl (C=O) groups is 4. The van der Waals surface area contributed by atoms with Crippen molar-refractivity contribution in [2.24, 2.45) is 28.6 Å². The summed E-state index contributed by atoms with van der Waals surface area (Å²) in [6, 6.07) is 0. The molecule has 202 valence electrons. The van der Waals surface area contributed by atoms with Crippen molar-refractivity contribution < 1.29 is 53.4 Å². The van der Waals surface area contributed by atoms with Crippen LogP contribution in [-0.2, 0) is 38.1 Å². The average molecular weight is 521 g/mol. The first-order valence-electron chi connectivity index (χ1n) is 12.3. The van der Waals surface area contributed by atoms with Crippen molar-refractivity contribution in [1.29, 1.82) is 0 Å². The van der Waals surface area contributed by atoms with Crippen LogP contribution in [0.1, 0.15) is 40.5 Å². The number of aliphatic hydroxyl groups excluding tert-OH is 3. The molecule has 37 heavy (non-hydrogen) atoms. The van der Waals surface area contributed by atoms with Crippen LogP contribution in [0.5, 0.6) is 0 Å². The first kappa shape index (κ1) is 25.9. The zero-order valence-electron chi connectivity index (χ0n) is 21.3. The smallest absolute Gasteiger partial charge is 0.348 e. The van der Waals surface area contributed by atoms with Crippen LogP contribution in [0.4, 0.5) is 0 Å². The summed E-state index contributed by atoms with van der Waals surface area (Å²) in [5.74, 6) is -6.30. The molecule has 0 aromatic carbocycles. The van der Waals surface area contributed by atoms with E-state index < -0.39 is 82.3 Å². The topological polar surface area (TPSA) is 166 Å². The van der Waals surface area contributed by atoms with E-state index in [1.165, 1.54) is 6.08 Å². The SMILES string of the molecule is COC(=O)[C@@]12OC[C@]34C([C@@H](O)[C@@H]1O)[C@@]1(C)CC(=O)C(O)=C(C)[C@@H]1C[C@H]3OC(=O)[C@H](OC(=O)C=C(C)C)[C@@H]24. The van der Waals surface area contributed by atoms with E-state index in [4.69, 9.17) is 18.9 Å². The lowest BCUT2D eigenvalue weighted by atomic mass is 9.38. The number of hydrogen-bond acceptors (Lipinski definition) is 11. The number of hydrogen-bond donors (Lipinski definition) is 3. The van der Waals surface area contributed by atoms with E-state index in [0.29, 0.717) is 11.1 Å². The second-order valence-corrected chi connectivity index (χ2v) is 11.5. The molecule has 11 nitrogen and oxygen atoms in total. The van der Waals surface area contributed by atoms with Gasteiger partial charge in [0.25, 0.3) is 0 Å². The van der Waals surface area contributed by atoms with Crippen LogP contribution in [-0.4, -0.2) is 82.7 Å². The molecule has 0 radical (unpaired) electrons. The number of methoxy groups -OCH3 is 1. The summed E-state index contributed by atoms with van der Waals surface area (Å²) < 4.78 is 22.5. The van der Waals surface area contributed by atoms with E-state index in [2.05, 4.69) is 0 Å². The van der Waals surface area contributed by atoms with Gasteiger partial charge in [-0.1, -0.05) is 12.5 Å². The maximum Gasteiger partial charge on any atom is 0.348 e. The Morgan fingerprint density at radius 2 is 1.84 bits per heavy atom. The van der Waals surface area contributed by atoms with Gasteiger partial charge >= 0.3 is 17.9 Å². The molecule has 3 N–H and O–H groups in total. The van der Waals surface area contributed by atoms with E-state index in [9.17, 15) is 34.5 Å². The molecule has 10 atom stereocenters. The Labute approximate surface area is 213 Å². The summed E-state index contributed by atoms with van der Waals surface area (Å²) in [6.45, 7) is 6.53. The Morgan fingerprint density at radius 3 is 2.46 bits per heavy atom. The second kappa shape index (κ2) is 8.12. The van der Waals surface area contributed by atoms with Crippen LogP contribution in [0.25, 0.3) is 0 Å². The summed E-state index contributed by atoms with van der Waals surface area (Å²) >= 11 is 0. The van der Waals surface area contributed by atoms with Crippen molar-refractivity contribution in [3.05, 3.63) is 23.0 Å². The minimum absolute atomic E-state index is 0.141. The van der Waals surface area contributed by atoms with E-state index in [-0.39, 0.29) is 25.2 Å². The molecular formula is C26H32O11. The van der Waals surface area contributed by atoms with Crippen molar-refractivity contribution >= 4 is 23.7 Å². The van der Waals surface area contributed by atoms with Crippen LogP contribution in [0.2, 0.25) is 0 Å². The predicted octanol–water partition coefficient (Wildman–Crippen LogP) is 0.517. The molecule has 4 fully saturated rings. The fraction of sp³-hybridized carbons (Fsp3) is 0.692. The summed E-state index contributed by atoms with van der Waals surface area (Å²) in [7, 11) is 1.09. The van der Waals surface area contributed by atoms with E-state index >= 15 is 0 Å². The van der Waals surface area contributed by atoms with Crippen molar-refractivity contribution in [2.75, 3.05) is 13.7 Å². The van der Waals surface area contributed by atoms with Gasteiger partial charge in [-0.05, 0) is 44.1 Å². The summed E-state index contributed by atoms with van der Waals surface area (Å²) in [6.07, 6.45) is -4.79. The molecule has 0 aromatic rings. The molecular weight excluding hydrogens is 488 g/mol. The van der Waals surface area contributed by atoms with E-state index in [1.807, 2.05) is 0 Å². The Morgan fingerprint density at radius 1 is 1.16 bits per heavy atom. The predicted molar refractivity (Wildman–Crippen MR) is 122 cm³/mol. The van der Waals surface area contributed by atoms with Crippen LogP contribution < -0.4 is 0 Å². The van der Waals surface area contributed by atoms with Gasteiger partial charge in [-0.15, -0.1) is 0 Å². The number of carbonyl (C=O) groups excluding carboxylic acids is 4. The molecule has 2 saturated heterocycles. The minimum Gasteiger partial charge on any atom is -0.504 e. The third kappa shape index (κ3) is 3.04. The third-order valence-electron chi connectivity index (χ3n) is 9.49. The highest BCUT2D eigenvalue weighted by molar-refractivity contribution is 5.95. The fourth-order valence-corrected chi connectivity index (χ4v) is 8.25. The summed E-state index contributed by atoms with van der Waals surface area (Å²) in [5, 5.41) is 33.6. The Hall–Kier alpha value is -2.76. The number of aliphatic hydroxyl groups is 3. The summed E-state index contributed by atoms with van der Waals surface area (Å²) in [4.78, 5) is 52.2. The van der Waals surface area contributed by atoms with Gasteiger partial charge in [0.05, 0.1) is 25.7 Å². The highest BCUT2D eigenvalue weighted by atomic mass is 16.6. The quantitative estimate of drug-likeness (QED) is 0.270. The highest BCUT2D eigenvalue weighted by Gasteiger charge is 2.85. The number of esters is 3. The number of allylic oxidation sites excluding steroid dienone is 3. The Balaban J connectivity index is 1.74. The van der Waals surface area contributed by atoms with E-state index in [0.717, 1.165) is 7.11 Å². The maximum atomic E-state index is 13.4. The van der Waals surface area contributed by atoms with Gasteiger partial charge in [-0.2, -0.15) is 0 Å². The zero-order chi connectivity index (χ0) is 27.2. The lowest BCUT2D eigenvalue weighted by Crippen LogP contribution is -2.79. The van der Waals surface area contributed by atoms with Crippen LogP contribution in [0.15, 0.2) is 23.0 Å². The molecule has 11 heteroatoms. The first-order valence-corrected chi connectivity index (χ1v) is 12.3. The normalized spacial score (nSPS) is 45.9. The van der Waals surface area contributed by atoms with Crippen molar-refractivity contribution in [2.45, 2.75) is 70.6 Å². The Kier molecular flexibility index (Phi) is 5.68. The Bertz CT molecular complexity index is 1150. The molecule has 1 spiro atoms. The lowest BCUT2D eigenvalue weighted by Gasteiger charge is -2.67. The van der Waals surface area contributed by atoms with Gasteiger partial charge in [0.15, 0.2) is 11.5 Å². The van der Waals surface area contributed by atoms with Crippen LogP contribution in [0.3, 0.4) is 0 Å². The molecule has 2 bridgehead atoms. The second-order valence-electron chi connectivity index (χ2n) is 11.5. The molecule has 3 aliphatic carbocycles. The van der Waals surface area contributed by atoms with Gasteiger partial charge in [0.1, 0.15) is 12.2 Å². The molecule has 0 aromatic heterocycles. The van der Waals surface area contributed by atoms with Crippen LogP contribution in [0, 0.1) is 28.6 Å². The van der Waals surface area contributed by atoms with Crippen LogP contribution >= 0.6 is 0 Å². The van der Waals surface area contributed by atoms with Crippen molar-refractivity contribution in [3.8, 4) is 0 Å². The standard InChI is InChI=1S/C26H32O11/c1-10(2)6-15(28)37-18-20-25-9-35-26(20,23(33)34-5)21(31)17(30)19(25)24(4)8-13(27)16(29)11(3)12(24)7-14(25)36-22(18)32/h6,12,14,17-21,29-31H,7-9H2,1-5H3/t12-,14+,17+,18+,19?,20+,21-,24-,25+,26-/m0/s1. The zero-order valence-corrected chi connectivity index (χ0v) is 21.3. The first-order chi connectivity index (χ1) is 17.3. The van der Waals surface area contributed by atoms with Gasteiger partial charge in [-0.25, -0.2) is 14.4 Å². The van der Waals surface area contributed by atoms with Gasteiger partial charge < -0.3 is 34.3 Å². The molecule has 2 saturated carbocycles. The molecule has 0 amide bonds. The monoisotopic (exact) mass is 520 g/mol. The number of ether oxygens (including phenoxy) is 4. The van der Waals surface area contributed by atoms with Crippen molar-refractivity contribution in [1.82, 2.24) is 0 Å². The molecule has 2 aliphatic heterocycles. The van der Waals surface area contributed by atoms with Gasteiger partial charge in [-0.3, -0.25) is 4.79 Å². The molecule has 5 aliphatic rings. The lowest BCUT2D eigenvalue weighted by molar-refractivity contribution is -0.290. The molecule has 2 heterocycles. The average Bonchev–Trinajstić information content (AvgIpc) is 3.12. The molecule has 5 rings (SSSR count). The highest BCUT2D eigenvalue weighted by Crippen LogP contribution is 2.72. The van der Waals surface area contributed by atoms with Gasteiger partial charge in [0, 0.05) is 23.8 Å². The largest absolute Gasteiger partial charge is 0.504 e.